The van der Waals surface area contributed by atoms with E-state index >= 15 is 0 Å². The highest BCUT2D eigenvalue weighted by atomic mass is 16.3. The molecular formula is C46H35NO. The largest absolute Gasteiger partial charge is 0.455 e. The Kier molecular flexibility index (Phi) is 5.44. The van der Waals surface area contributed by atoms with E-state index in [2.05, 4.69) is 172 Å². The zero-order chi connectivity index (χ0) is 32.4. The summed E-state index contributed by atoms with van der Waals surface area (Å²) in [4.78, 5) is 2.42. The van der Waals surface area contributed by atoms with Gasteiger partial charge >= 0.3 is 0 Å². The first-order chi connectivity index (χ1) is 23.3. The highest BCUT2D eigenvalue weighted by Crippen LogP contribution is 2.53. The Labute approximate surface area is 280 Å². The van der Waals surface area contributed by atoms with Crippen LogP contribution in [0.15, 0.2) is 144 Å². The van der Waals surface area contributed by atoms with Gasteiger partial charge < -0.3 is 9.32 Å². The van der Waals surface area contributed by atoms with Crippen LogP contribution in [0.25, 0.3) is 55.0 Å². The normalized spacial score (nSPS) is 15.0. The molecule has 48 heavy (non-hydrogen) atoms. The van der Waals surface area contributed by atoms with E-state index in [1.165, 1.54) is 49.9 Å². The molecule has 0 saturated carbocycles. The van der Waals surface area contributed by atoms with E-state index in [9.17, 15) is 0 Å². The van der Waals surface area contributed by atoms with Gasteiger partial charge in [0.15, 0.2) is 0 Å². The fraction of sp³-hybridized carbons (Fsp3) is 0.130. The molecule has 1 heterocycles. The van der Waals surface area contributed by atoms with Gasteiger partial charge in [-0.1, -0.05) is 119 Å². The molecule has 10 rings (SSSR count). The molecule has 0 atom stereocenters. The van der Waals surface area contributed by atoms with Crippen LogP contribution in [0.5, 0.6) is 0 Å². The van der Waals surface area contributed by atoms with Crippen molar-refractivity contribution in [2.75, 3.05) is 4.90 Å². The minimum absolute atomic E-state index is 0.0983. The van der Waals surface area contributed by atoms with Crippen molar-refractivity contribution in [1.82, 2.24) is 0 Å². The van der Waals surface area contributed by atoms with Crippen molar-refractivity contribution >= 4 is 49.8 Å². The quantitative estimate of drug-likeness (QED) is 0.196. The molecule has 0 spiro atoms. The summed E-state index contributed by atoms with van der Waals surface area (Å²) in [6.45, 7) is 9.41. The average molecular weight is 618 g/mol. The molecule has 7 aromatic carbocycles. The van der Waals surface area contributed by atoms with Crippen LogP contribution >= 0.6 is 0 Å². The molecule has 2 heteroatoms. The van der Waals surface area contributed by atoms with Crippen LogP contribution in [-0.2, 0) is 10.8 Å². The average Bonchev–Trinajstić information content (AvgIpc) is 3.68. The van der Waals surface area contributed by atoms with Crippen LogP contribution < -0.4 is 4.90 Å². The summed E-state index contributed by atoms with van der Waals surface area (Å²) in [5.74, 6) is 0. The van der Waals surface area contributed by atoms with Gasteiger partial charge in [-0.05, 0) is 92.4 Å². The molecule has 8 aromatic rings. The zero-order valence-corrected chi connectivity index (χ0v) is 27.6. The fourth-order valence-corrected chi connectivity index (χ4v) is 8.74. The minimum Gasteiger partial charge on any atom is -0.455 e. The second-order valence-electron chi connectivity index (χ2n) is 14.6. The molecule has 0 saturated heterocycles. The molecule has 0 aliphatic heterocycles. The van der Waals surface area contributed by atoms with Crippen LogP contribution in [0.1, 0.15) is 49.9 Å². The molecule has 0 bridgehead atoms. The zero-order valence-electron chi connectivity index (χ0n) is 27.6. The summed E-state index contributed by atoms with van der Waals surface area (Å²) in [6, 6.07) is 51.4. The van der Waals surface area contributed by atoms with Gasteiger partial charge in [-0.15, -0.1) is 0 Å². The van der Waals surface area contributed by atoms with Crippen molar-refractivity contribution in [3.05, 3.63) is 162 Å². The van der Waals surface area contributed by atoms with E-state index in [0.717, 1.165) is 44.4 Å². The van der Waals surface area contributed by atoms with Crippen molar-refractivity contribution in [3.63, 3.8) is 0 Å². The van der Waals surface area contributed by atoms with E-state index < -0.39 is 0 Å². The molecule has 0 fully saturated rings. The molecule has 2 nitrogen and oxygen atoms in total. The third-order valence-corrected chi connectivity index (χ3v) is 11.3. The highest BCUT2D eigenvalue weighted by molar-refractivity contribution is 6.15. The Balaban J connectivity index is 1.20. The number of nitrogens with zero attached hydrogens (tertiary/aromatic N) is 1. The Morgan fingerprint density at radius 1 is 0.417 bits per heavy atom. The van der Waals surface area contributed by atoms with E-state index in [-0.39, 0.29) is 10.8 Å². The molecule has 1 aromatic heterocycles. The number of fused-ring (bicyclic) bond motifs is 11. The van der Waals surface area contributed by atoms with Crippen molar-refractivity contribution < 1.29 is 4.42 Å². The third-order valence-electron chi connectivity index (χ3n) is 11.3. The molecule has 230 valence electrons. The molecule has 0 radical (unpaired) electrons. The van der Waals surface area contributed by atoms with E-state index in [4.69, 9.17) is 4.42 Å². The lowest BCUT2D eigenvalue weighted by molar-refractivity contribution is 0.660. The molecule has 0 amide bonds. The number of anilines is 3. The van der Waals surface area contributed by atoms with Crippen molar-refractivity contribution in [3.8, 4) is 22.3 Å². The van der Waals surface area contributed by atoms with Gasteiger partial charge in [-0.25, -0.2) is 0 Å². The van der Waals surface area contributed by atoms with E-state index in [0.29, 0.717) is 0 Å². The smallest absolute Gasteiger partial charge is 0.143 e. The molecule has 2 aliphatic rings. The molecule has 2 aliphatic carbocycles. The summed E-state index contributed by atoms with van der Waals surface area (Å²) in [7, 11) is 0. The van der Waals surface area contributed by atoms with Gasteiger partial charge in [-0.3, -0.25) is 0 Å². The van der Waals surface area contributed by atoms with E-state index in [1.807, 2.05) is 0 Å². The number of furan rings is 1. The summed E-state index contributed by atoms with van der Waals surface area (Å²) >= 11 is 0. The number of hydrogen-bond acceptors (Lipinski definition) is 2. The summed E-state index contributed by atoms with van der Waals surface area (Å²) in [6.07, 6.45) is 0. The standard InChI is InChI=1S/C46H35NO/c1-45(2)39-15-9-7-13-33(39)35-22-18-29(25-41(35)45)47(30-19-23-36-34-14-8-10-16-40(34)46(3,4)42(36)26-30)31-20-24-37-38-21-17-28-11-5-6-12-32(28)44(38)48-43(37)27-31/h5-27H,1-4H3. The van der Waals surface area contributed by atoms with Gasteiger partial charge in [0.05, 0.1) is 0 Å². The van der Waals surface area contributed by atoms with Crippen LogP contribution in [0.2, 0.25) is 0 Å². The maximum atomic E-state index is 6.70. The van der Waals surface area contributed by atoms with Crippen LogP contribution in [-0.4, -0.2) is 0 Å². The third kappa shape index (κ3) is 3.63. The summed E-state index contributed by atoms with van der Waals surface area (Å²) < 4.78 is 6.70. The predicted molar refractivity (Wildman–Crippen MR) is 201 cm³/mol. The number of benzene rings is 7. The second-order valence-corrected chi connectivity index (χ2v) is 14.6. The van der Waals surface area contributed by atoms with Gasteiger partial charge in [0.1, 0.15) is 11.2 Å². The van der Waals surface area contributed by atoms with Crippen LogP contribution in [0.3, 0.4) is 0 Å². The van der Waals surface area contributed by atoms with E-state index in [1.54, 1.807) is 0 Å². The Bertz CT molecular complexity index is 2530. The SMILES string of the molecule is CC1(C)c2ccccc2-c2ccc(N(c3ccc4c(c3)C(C)(C)c3ccccc3-4)c3ccc4c(c3)oc3c5ccccc5ccc43)cc21. The molecule has 0 unspecified atom stereocenters. The predicted octanol–water partition coefficient (Wildman–Crippen LogP) is 12.8. The van der Waals surface area contributed by atoms with Gasteiger partial charge in [0, 0.05) is 50.1 Å². The number of hydrogen-bond donors (Lipinski definition) is 0. The Morgan fingerprint density at radius 3 is 1.56 bits per heavy atom. The van der Waals surface area contributed by atoms with Crippen LogP contribution in [0, 0.1) is 0 Å². The highest BCUT2D eigenvalue weighted by Gasteiger charge is 2.37. The first kappa shape index (κ1) is 27.5. The lowest BCUT2D eigenvalue weighted by Crippen LogP contribution is -2.18. The number of rotatable bonds is 3. The Morgan fingerprint density at radius 2 is 0.917 bits per heavy atom. The minimum atomic E-state index is -0.0983. The van der Waals surface area contributed by atoms with Gasteiger partial charge in [0.25, 0.3) is 0 Å². The maximum absolute atomic E-state index is 6.70. The monoisotopic (exact) mass is 617 g/mol. The van der Waals surface area contributed by atoms with Crippen molar-refractivity contribution in [2.24, 2.45) is 0 Å². The summed E-state index contributed by atoms with van der Waals surface area (Å²) in [5.41, 5.74) is 15.8. The molecular weight excluding hydrogens is 583 g/mol. The first-order valence-electron chi connectivity index (χ1n) is 16.9. The van der Waals surface area contributed by atoms with Crippen LogP contribution in [0.4, 0.5) is 17.1 Å². The Hall–Kier alpha value is -5.60. The lowest BCUT2D eigenvalue weighted by atomic mass is 9.82. The fourth-order valence-electron chi connectivity index (χ4n) is 8.74. The lowest BCUT2D eigenvalue weighted by Gasteiger charge is -2.29. The summed E-state index contributed by atoms with van der Waals surface area (Å²) in [5, 5.41) is 4.62. The molecule has 0 N–H and O–H groups in total. The first-order valence-corrected chi connectivity index (χ1v) is 16.9. The van der Waals surface area contributed by atoms with Gasteiger partial charge in [0.2, 0.25) is 0 Å². The second kappa shape index (κ2) is 9.49. The maximum Gasteiger partial charge on any atom is 0.143 e. The van der Waals surface area contributed by atoms with Crippen molar-refractivity contribution in [2.45, 2.75) is 38.5 Å². The van der Waals surface area contributed by atoms with Gasteiger partial charge in [-0.2, -0.15) is 0 Å². The topological polar surface area (TPSA) is 16.4 Å². The van der Waals surface area contributed by atoms with Crippen molar-refractivity contribution in [1.29, 1.82) is 0 Å².